The number of aryl methyl sites for hydroxylation is 2. The Morgan fingerprint density at radius 2 is 1.86 bits per heavy atom. The minimum Gasteiger partial charge on any atom is -0.293 e. The molecule has 0 aliphatic heterocycles. The van der Waals surface area contributed by atoms with Crippen LogP contribution in [0.1, 0.15) is 27.9 Å². The molecule has 0 radical (unpaired) electrons. The van der Waals surface area contributed by atoms with Crippen molar-refractivity contribution in [3.05, 3.63) is 64.7 Å². The summed E-state index contributed by atoms with van der Waals surface area (Å²) in [6.45, 7) is 0. The molecule has 21 heavy (non-hydrogen) atoms. The molecule has 0 N–H and O–H groups in total. The predicted molar refractivity (Wildman–Crippen MR) is 79.9 cm³/mol. The first-order valence-corrected chi connectivity index (χ1v) is 7.85. The minimum absolute atomic E-state index is 0.0509. The van der Waals surface area contributed by atoms with Crippen LogP contribution in [0.4, 0.5) is 8.78 Å². The van der Waals surface area contributed by atoms with Gasteiger partial charge in [0, 0.05) is 11.0 Å². The van der Waals surface area contributed by atoms with E-state index >= 15 is 0 Å². The molecule has 1 aliphatic rings. The maximum Gasteiger partial charge on any atom is 0.176 e. The number of rotatable bonds is 4. The van der Waals surface area contributed by atoms with Crippen LogP contribution in [0.25, 0.3) is 0 Å². The van der Waals surface area contributed by atoms with E-state index in [0.717, 1.165) is 29.9 Å². The van der Waals surface area contributed by atoms with Gasteiger partial charge in [-0.15, -0.1) is 11.8 Å². The number of carbonyl (C=O) groups is 1. The van der Waals surface area contributed by atoms with Gasteiger partial charge in [-0.25, -0.2) is 8.78 Å². The summed E-state index contributed by atoms with van der Waals surface area (Å²) in [7, 11) is 0. The Balaban J connectivity index is 1.68. The maximum atomic E-state index is 13.5. The maximum absolute atomic E-state index is 13.5. The van der Waals surface area contributed by atoms with Crippen LogP contribution in [0, 0.1) is 11.6 Å². The Kier molecular flexibility index (Phi) is 4.06. The smallest absolute Gasteiger partial charge is 0.176 e. The van der Waals surface area contributed by atoms with Gasteiger partial charge in [0.25, 0.3) is 0 Å². The van der Waals surface area contributed by atoms with Crippen molar-refractivity contribution in [3.8, 4) is 0 Å². The van der Waals surface area contributed by atoms with Gasteiger partial charge in [0.1, 0.15) is 11.6 Å². The Bertz CT molecular complexity index is 697. The Hall–Kier alpha value is -1.68. The fourth-order valence-corrected chi connectivity index (χ4v) is 3.42. The van der Waals surface area contributed by atoms with Gasteiger partial charge in [-0.2, -0.15) is 0 Å². The summed E-state index contributed by atoms with van der Waals surface area (Å²) >= 11 is 1.39. The van der Waals surface area contributed by atoms with Crippen LogP contribution in [0.2, 0.25) is 0 Å². The van der Waals surface area contributed by atoms with Crippen LogP contribution < -0.4 is 0 Å². The van der Waals surface area contributed by atoms with Gasteiger partial charge in [0.15, 0.2) is 5.78 Å². The van der Waals surface area contributed by atoms with Crippen molar-refractivity contribution < 1.29 is 13.6 Å². The van der Waals surface area contributed by atoms with E-state index in [9.17, 15) is 13.6 Å². The number of ketones is 1. The molecule has 0 atom stereocenters. The molecule has 2 aromatic rings. The summed E-state index contributed by atoms with van der Waals surface area (Å²) in [5, 5.41) is 0. The third kappa shape index (κ3) is 3.16. The molecule has 1 aliphatic carbocycles. The number of hydrogen-bond acceptors (Lipinski definition) is 2. The van der Waals surface area contributed by atoms with Gasteiger partial charge in [-0.1, -0.05) is 6.07 Å². The monoisotopic (exact) mass is 304 g/mol. The zero-order valence-corrected chi connectivity index (χ0v) is 12.2. The molecule has 0 heterocycles. The summed E-state index contributed by atoms with van der Waals surface area (Å²) in [6, 6.07) is 9.28. The van der Waals surface area contributed by atoms with Crippen LogP contribution >= 0.6 is 11.8 Å². The molecule has 2 aromatic carbocycles. The van der Waals surface area contributed by atoms with Gasteiger partial charge < -0.3 is 0 Å². The third-order valence-corrected chi connectivity index (χ3v) is 4.67. The quantitative estimate of drug-likeness (QED) is 0.614. The summed E-state index contributed by atoms with van der Waals surface area (Å²) < 4.78 is 26.4. The molecule has 108 valence electrons. The molecule has 3 rings (SSSR count). The van der Waals surface area contributed by atoms with Crippen molar-refractivity contribution in [2.75, 3.05) is 5.75 Å². The standard InChI is InChI=1S/C17H14F2OS/c18-13-5-7-15(16(19)9-13)17(20)10-21-14-6-4-11-2-1-3-12(11)8-14/h4-9H,1-3,10H2. The van der Waals surface area contributed by atoms with Crippen molar-refractivity contribution in [3.63, 3.8) is 0 Å². The summed E-state index contributed by atoms with van der Waals surface area (Å²) in [5.74, 6) is -1.63. The lowest BCUT2D eigenvalue weighted by atomic mass is 10.1. The first kappa shape index (κ1) is 14.3. The lowest BCUT2D eigenvalue weighted by molar-refractivity contribution is 0.101. The Morgan fingerprint density at radius 3 is 2.67 bits per heavy atom. The summed E-state index contributed by atoms with van der Waals surface area (Å²) in [5.41, 5.74) is 2.68. The van der Waals surface area contributed by atoms with Crippen molar-refractivity contribution >= 4 is 17.5 Å². The molecule has 0 bridgehead atoms. The Labute approximate surface area is 126 Å². The number of fused-ring (bicyclic) bond motifs is 1. The largest absolute Gasteiger partial charge is 0.293 e. The second kappa shape index (κ2) is 5.98. The first-order valence-electron chi connectivity index (χ1n) is 6.86. The summed E-state index contributed by atoms with van der Waals surface area (Å²) in [6.07, 6.45) is 3.40. The van der Waals surface area contributed by atoms with Crippen molar-refractivity contribution in [2.24, 2.45) is 0 Å². The number of carbonyl (C=O) groups excluding carboxylic acids is 1. The van der Waals surface area contributed by atoms with E-state index in [1.807, 2.05) is 6.07 Å². The van der Waals surface area contributed by atoms with E-state index in [1.165, 1.54) is 35.4 Å². The van der Waals surface area contributed by atoms with E-state index in [1.54, 1.807) is 0 Å². The number of thioether (sulfide) groups is 1. The van der Waals surface area contributed by atoms with Crippen LogP contribution in [0.5, 0.6) is 0 Å². The molecule has 0 spiro atoms. The highest BCUT2D eigenvalue weighted by Gasteiger charge is 2.14. The van der Waals surface area contributed by atoms with E-state index in [-0.39, 0.29) is 17.1 Å². The zero-order valence-electron chi connectivity index (χ0n) is 11.4. The average Bonchev–Trinajstić information content (AvgIpc) is 2.92. The van der Waals surface area contributed by atoms with Crippen molar-refractivity contribution in [1.29, 1.82) is 0 Å². The van der Waals surface area contributed by atoms with Crippen molar-refractivity contribution in [1.82, 2.24) is 0 Å². The molecule has 0 saturated heterocycles. The molecule has 0 amide bonds. The van der Waals surface area contributed by atoms with Crippen LogP contribution in [-0.2, 0) is 12.8 Å². The SMILES string of the molecule is O=C(CSc1ccc2c(c1)CCC2)c1ccc(F)cc1F. The molecule has 1 nitrogen and oxygen atoms in total. The number of benzene rings is 2. The van der Waals surface area contributed by atoms with Gasteiger partial charge in [-0.05, 0) is 54.7 Å². The van der Waals surface area contributed by atoms with Crippen molar-refractivity contribution in [2.45, 2.75) is 24.2 Å². The van der Waals surface area contributed by atoms with Crippen LogP contribution in [-0.4, -0.2) is 11.5 Å². The first-order chi connectivity index (χ1) is 10.1. The van der Waals surface area contributed by atoms with Crippen LogP contribution in [0.3, 0.4) is 0 Å². The topological polar surface area (TPSA) is 17.1 Å². The fourth-order valence-electron chi connectivity index (χ4n) is 2.58. The van der Waals surface area contributed by atoms with Crippen LogP contribution in [0.15, 0.2) is 41.3 Å². The normalized spacial score (nSPS) is 13.2. The number of Topliss-reactive ketones (excluding diaryl/α,β-unsaturated/α-hetero) is 1. The molecular weight excluding hydrogens is 290 g/mol. The average molecular weight is 304 g/mol. The molecule has 0 saturated carbocycles. The highest BCUT2D eigenvalue weighted by Crippen LogP contribution is 2.28. The second-order valence-corrected chi connectivity index (χ2v) is 6.17. The second-order valence-electron chi connectivity index (χ2n) is 5.12. The number of halogens is 2. The lowest BCUT2D eigenvalue weighted by Gasteiger charge is -2.05. The van der Waals surface area contributed by atoms with Gasteiger partial charge in [-0.3, -0.25) is 4.79 Å². The van der Waals surface area contributed by atoms with E-state index < -0.39 is 11.6 Å². The molecular formula is C17H14F2OS. The lowest BCUT2D eigenvalue weighted by Crippen LogP contribution is -2.05. The molecule has 0 unspecified atom stereocenters. The van der Waals surface area contributed by atoms with E-state index in [4.69, 9.17) is 0 Å². The molecule has 0 aromatic heterocycles. The molecule has 4 heteroatoms. The van der Waals surface area contributed by atoms with Gasteiger partial charge in [0.05, 0.1) is 11.3 Å². The van der Waals surface area contributed by atoms with E-state index in [0.29, 0.717) is 0 Å². The third-order valence-electron chi connectivity index (χ3n) is 3.67. The zero-order chi connectivity index (χ0) is 14.8. The Morgan fingerprint density at radius 1 is 1.05 bits per heavy atom. The van der Waals surface area contributed by atoms with Gasteiger partial charge >= 0.3 is 0 Å². The van der Waals surface area contributed by atoms with E-state index in [2.05, 4.69) is 12.1 Å². The predicted octanol–water partition coefficient (Wildman–Crippen LogP) is 4.43. The fraction of sp³-hybridized carbons (Fsp3) is 0.235. The van der Waals surface area contributed by atoms with Gasteiger partial charge in [0.2, 0.25) is 0 Å². The highest BCUT2D eigenvalue weighted by atomic mass is 32.2. The molecule has 0 fully saturated rings. The number of hydrogen-bond donors (Lipinski definition) is 0. The highest BCUT2D eigenvalue weighted by molar-refractivity contribution is 8.00. The summed E-state index contributed by atoms with van der Waals surface area (Å²) in [4.78, 5) is 13.0. The minimum atomic E-state index is -0.797.